The number of nitriles is 1. The predicted octanol–water partition coefficient (Wildman–Crippen LogP) is 0.704. The molecule has 0 amide bonds. The maximum Gasteiger partial charge on any atom is 0.101 e. The first-order chi connectivity index (χ1) is 6.31. The summed E-state index contributed by atoms with van der Waals surface area (Å²) in [5.74, 6) is 0. The number of hydrogen-bond acceptors (Lipinski definition) is 4. The van der Waals surface area contributed by atoms with Gasteiger partial charge >= 0.3 is 0 Å². The standard InChI is InChI=1S/C9H17NO3/c1-2-5-12-7-9(11)8-13-6-3-4-10/h9,11H,2-3,5-8H2,1H3. The molecule has 0 bridgehead atoms. The summed E-state index contributed by atoms with van der Waals surface area (Å²) in [6, 6.07) is 1.96. The van der Waals surface area contributed by atoms with Gasteiger partial charge in [-0.15, -0.1) is 0 Å². The van der Waals surface area contributed by atoms with E-state index in [0.29, 0.717) is 26.2 Å². The Bertz CT molecular complexity index is 144. The Morgan fingerprint density at radius 3 is 2.46 bits per heavy atom. The Hall–Kier alpha value is -0.630. The monoisotopic (exact) mass is 187 g/mol. The topological polar surface area (TPSA) is 62.5 Å². The molecular weight excluding hydrogens is 170 g/mol. The third-order valence-electron chi connectivity index (χ3n) is 1.33. The van der Waals surface area contributed by atoms with Crippen LogP contribution in [0.25, 0.3) is 0 Å². The largest absolute Gasteiger partial charge is 0.388 e. The second-order valence-electron chi connectivity index (χ2n) is 2.71. The number of ether oxygens (including phenoxy) is 2. The summed E-state index contributed by atoms with van der Waals surface area (Å²) < 4.78 is 10.1. The minimum absolute atomic E-state index is 0.241. The molecule has 1 unspecified atom stereocenters. The highest BCUT2D eigenvalue weighted by Crippen LogP contribution is 1.90. The number of aliphatic hydroxyl groups excluding tert-OH is 1. The van der Waals surface area contributed by atoms with Crippen LogP contribution in [-0.4, -0.2) is 37.6 Å². The van der Waals surface area contributed by atoms with Crippen LogP contribution < -0.4 is 0 Å². The molecule has 0 rings (SSSR count). The van der Waals surface area contributed by atoms with Gasteiger partial charge in [0.1, 0.15) is 6.10 Å². The lowest BCUT2D eigenvalue weighted by molar-refractivity contribution is -0.0175. The van der Waals surface area contributed by atoms with Gasteiger partial charge in [0.2, 0.25) is 0 Å². The third kappa shape index (κ3) is 9.28. The molecular formula is C9H17NO3. The first kappa shape index (κ1) is 12.4. The highest BCUT2D eigenvalue weighted by molar-refractivity contribution is 4.67. The van der Waals surface area contributed by atoms with Crippen molar-refractivity contribution in [3.63, 3.8) is 0 Å². The average molecular weight is 187 g/mol. The third-order valence-corrected chi connectivity index (χ3v) is 1.33. The van der Waals surface area contributed by atoms with Gasteiger partial charge in [0.05, 0.1) is 32.3 Å². The zero-order chi connectivity index (χ0) is 9.94. The van der Waals surface area contributed by atoms with Gasteiger partial charge in [-0.25, -0.2) is 0 Å². The van der Waals surface area contributed by atoms with E-state index in [0.717, 1.165) is 6.42 Å². The molecule has 13 heavy (non-hydrogen) atoms. The van der Waals surface area contributed by atoms with E-state index in [4.69, 9.17) is 14.7 Å². The average Bonchev–Trinajstić information content (AvgIpc) is 2.13. The number of aliphatic hydroxyl groups is 1. The van der Waals surface area contributed by atoms with Gasteiger partial charge in [-0.05, 0) is 6.42 Å². The van der Waals surface area contributed by atoms with Gasteiger partial charge in [-0.3, -0.25) is 0 Å². The summed E-state index contributed by atoms with van der Waals surface area (Å²) in [5, 5.41) is 17.4. The fourth-order valence-electron chi connectivity index (χ4n) is 0.749. The van der Waals surface area contributed by atoms with Crippen LogP contribution in [0.4, 0.5) is 0 Å². The summed E-state index contributed by atoms with van der Waals surface area (Å²) >= 11 is 0. The van der Waals surface area contributed by atoms with Crippen LogP contribution in [0.15, 0.2) is 0 Å². The highest BCUT2D eigenvalue weighted by Gasteiger charge is 2.03. The molecule has 76 valence electrons. The van der Waals surface area contributed by atoms with Crippen molar-refractivity contribution in [3.8, 4) is 6.07 Å². The van der Waals surface area contributed by atoms with Crippen molar-refractivity contribution < 1.29 is 14.6 Å². The van der Waals surface area contributed by atoms with E-state index in [9.17, 15) is 5.11 Å². The molecule has 0 aromatic heterocycles. The van der Waals surface area contributed by atoms with Crippen LogP contribution in [0.2, 0.25) is 0 Å². The van der Waals surface area contributed by atoms with Crippen molar-refractivity contribution in [2.75, 3.05) is 26.4 Å². The molecule has 0 aromatic rings. The number of rotatable bonds is 8. The quantitative estimate of drug-likeness (QED) is 0.568. The van der Waals surface area contributed by atoms with Crippen LogP contribution in [-0.2, 0) is 9.47 Å². The lowest BCUT2D eigenvalue weighted by atomic mass is 10.4. The normalized spacial score (nSPS) is 12.4. The van der Waals surface area contributed by atoms with Crippen molar-refractivity contribution in [3.05, 3.63) is 0 Å². The van der Waals surface area contributed by atoms with Crippen molar-refractivity contribution in [2.45, 2.75) is 25.9 Å². The Morgan fingerprint density at radius 1 is 1.31 bits per heavy atom. The second kappa shape index (κ2) is 9.46. The maximum absolute atomic E-state index is 9.24. The van der Waals surface area contributed by atoms with Gasteiger partial charge < -0.3 is 14.6 Å². The molecule has 0 spiro atoms. The van der Waals surface area contributed by atoms with E-state index in [1.54, 1.807) is 0 Å². The van der Waals surface area contributed by atoms with Crippen molar-refractivity contribution in [1.29, 1.82) is 5.26 Å². The van der Waals surface area contributed by atoms with Gasteiger partial charge in [0.15, 0.2) is 0 Å². The summed E-state index contributed by atoms with van der Waals surface area (Å²) in [7, 11) is 0. The van der Waals surface area contributed by atoms with Crippen molar-refractivity contribution in [2.24, 2.45) is 0 Å². The van der Waals surface area contributed by atoms with Crippen LogP contribution in [0, 0.1) is 11.3 Å². The number of hydrogen-bond donors (Lipinski definition) is 1. The minimum atomic E-state index is -0.578. The van der Waals surface area contributed by atoms with E-state index < -0.39 is 6.10 Å². The molecule has 4 heteroatoms. The van der Waals surface area contributed by atoms with Crippen molar-refractivity contribution >= 4 is 0 Å². The van der Waals surface area contributed by atoms with Gasteiger partial charge in [0, 0.05) is 6.61 Å². The summed E-state index contributed by atoms with van der Waals surface area (Å²) in [4.78, 5) is 0. The molecule has 4 nitrogen and oxygen atoms in total. The summed E-state index contributed by atoms with van der Waals surface area (Å²) in [6.45, 7) is 3.60. The zero-order valence-electron chi connectivity index (χ0n) is 8.03. The second-order valence-corrected chi connectivity index (χ2v) is 2.71. The van der Waals surface area contributed by atoms with Crippen LogP contribution in [0.5, 0.6) is 0 Å². The Balaban J connectivity index is 3.11. The van der Waals surface area contributed by atoms with Gasteiger partial charge in [-0.1, -0.05) is 6.92 Å². The van der Waals surface area contributed by atoms with E-state index in [1.165, 1.54) is 0 Å². The molecule has 0 aliphatic heterocycles. The van der Waals surface area contributed by atoms with Crippen LogP contribution >= 0.6 is 0 Å². The fourth-order valence-corrected chi connectivity index (χ4v) is 0.749. The van der Waals surface area contributed by atoms with Gasteiger partial charge in [0.25, 0.3) is 0 Å². The van der Waals surface area contributed by atoms with Gasteiger partial charge in [-0.2, -0.15) is 5.26 Å². The molecule has 0 aromatic carbocycles. The van der Waals surface area contributed by atoms with E-state index >= 15 is 0 Å². The molecule has 1 N–H and O–H groups in total. The predicted molar refractivity (Wildman–Crippen MR) is 48.2 cm³/mol. The van der Waals surface area contributed by atoms with E-state index in [1.807, 2.05) is 13.0 Å². The first-order valence-electron chi connectivity index (χ1n) is 4.51. The molecule has 1 atom stereocenters. The Morgan fingerprint density at radius 2 is 1.92 bits per heavy atom. The SMILES string of the molecule is CCCOCC(O)COCCC#N. The first-order valence-corrected chi connectivity index (χ1v) is 4.51. The van der Waals surface area contributed by atoms with Crippen molar-refractivity contribution in [1.82, 2.24) is 0 Å². The lowest BCUT2D eigenvalue weighted by Gasteiger charge is -2.10. The van der Waals surface area contributed by atoms with Crippen LogP contribution in [0.3, 0.4) is 0 Å². The van der Waals surface area contributed by atoms with Crippen LogP contribution in [0.1, 0.15) is 19.8 Å². The summed E-state index contributed by atoms with van der Waals surface area (Å²) in [6.07, 6.45) is 0.732. The molecule has 0 heterocycles. The summed E-state index contributed by atoms with van der Waals surface area (Å²) in [5.41, 5.74) is 0. The maximum atomic E-state index is 9.24. The zero-order valence-corrected chi connectivity index (χ0v) is 8.03. The van der Waals surface area contributed by atoms with E-state index in [-0.39, 0.29) is 6.61 Å². The fraction of sp³-hybridized carbons (Fsp3) is 0.889. The highest BCUT2D eigenvalue weighted by atomic mass is 16.5. The van der Waals surface area contributed by atoms with E-state index in [2.05, 4.69) is 0 Å². The molecule has 0 aliphatic rings. The molecule has 0 saturated carbocycles. The molecule has 0 radical (unpaired) electrons. The Kier molecular flexibility index (Phi) is 9.00. The number of nitrogens with zero attached hydrogens (tertiary/aromatic N) is 1. The smallest absolute Gasteiger partial charge is 0.101 e. The minimum Gasteiger partial charge on any atom is -0.388 e. The molecule has 0 saturated heterocycles. The Labute approximate surface area is 79.1 Å². The molecule has 0 fully saturated rings. The molecule has 0 aliphatic carbocycles. The lowest BCUT2D eigenvalue weighted by Crippen LogP contribution is -2.22.